The van der Waals surface area contributed by atoms with E-state index in [2.05, 4.69) is 51.7 Å². The van der Waals surface area contributed by atoms with Crippen molar-refractivity contribution in [2.45, 2.75) is 142 Å². The third kappa shape index (κ3) is 8.70. The monoisotopic (exact) mass is 747 g/mol. The van der Waals surface area contributed by atoms with Gasteiger partial charge in [-0.3, -0.25) is 33.8 Å². The molecule has 5 amide bonds. The van der Waals surface area contributed by atoms with E-state index in [1.807, 2.05) is 20.8 Å². The number of nitrogens with one attached hydrogen (secondary N) is 4. The van der Waals surface area contributed by atoms with Crippen LogP contribution in [0.3, 0.4) is 0 Å². The Bertz CT molecular complexity index is 1570. The summed E-state index contributed by atoms with van der Waals surface area (Å²) in [5.74, 6) is -3.33. The van der Waals surface area contributed by atoms with E-state index in [1.54, 1.807) is 4.90 Å². The summed E-state index contributed by atoms with van der Waals surface area (Å²) in [6, 6.07) is -3.80. The number of hydrogen-bond acceptors (Lipinski definition) is 8. The fraction of sp³-hybridized carbons (Fsp3) is 0.707. The number of carbonyl (C=O) groups excluding carboxylic acids is 6. The zero-order chi connectivity index (χ0) is 39.3. The van der Waals surface area contributed by atoms with E-state index in [9.17, 15) is 24.0 Å². The summed E-state index contributed by atoms with van der Waals surface area (Å²) in [4.78, 5) is 93.4. The van der Waals surface area contributed by atoms with Gasteiger partial charge in [0.1, 0.15) is 23.8 Å². The van der Waals surface area contributed by atoms with Gasteiger partial charge in [0.25, 0.3) is 11.8 Å². The van der Waals surface area contributed by atoms with Gasteiger partial charge in [0.15, 0.2) is 0 Å². The van der Waals surface area contributed by atoms with E-state index < -0.39 is 64.4 Å². The summed E-state index contributed by atoms with van der Waals surface area (Å²) in [6.45, 7) is 14.3. The standard InChI is InChI=1S/C41H61N7O6/c1-7-9-16-27(31(49)36(52)44-21-8-2)45-35(51)30-29-26(39(29,3)4)25-48(30)38(54)33(41(6)19-14-11-15-20-41)47-37(53)32(40(5)17-12-10-13-18-40)46-34(50)28-24-42-22-23-43-28/h8,22-24,26-27,29-30,32-33H,2,7,9-21,25H2,1,3-6H3,(H,44,52)(H,45,51)(H,46,50)(H,47,53)/t26-,27-,29-,30-,32+,33+/m0/s1. The number of amides is 5. The molecule has 1 aliphatic heterocycles. The van der Waals surface area contributed by atoms with Crippen molar-refractivity contribution < 1.29 is 28.8 Å². The number of unbranched alkanes of at least 4 members (excludes halogenated alkanes) is 1. The predicted octanol–water partition coefficient (Wildman–Crippen LogP) is 4.03. The molecule has 1 aromatic rings. The van der Waals surface area contributed by atoms with Crippen LogP contribution in [0.4, 0.5) is 0 Å². The molecule has 1 aromatic heterocycles. The molecule has 4 N–H and O–H groups in total. The maximum atomic E-state index is 15.1. The van der Waals surface area contributed by atoms with Gasteiger partial charge in [-0.1, -0.05) is 92.1 Å². The highest BCUT2D eigenvalue weighted by atomic mass is 16.2. The number of aromatic nitrogens is 2. The summed E-state index contributed by atoms with van der Waals surface area (Å²) >= 11 is 0. The normalized spacial score (nSPS) is 25.1. The van der Waals surface area contributed by atoms with Gasteiger partial charge in [-0.25, -0.2) is 4.98 Å². The van der Waals surface area contributed by atoms with Crippen molar-refractivity contribution in [2.24, 2.45) is 28.1 Å². The van der Waals surface area contributed by atoms with Crippen LogP contribution in [0.1, 0.15) is 129 Å². The number of rotatable bonds is 16. The summed E-state index contributed by atoms with van der Waals surface area (Å²) < 4.78 is 0. The first kappa shape index (κ1) is 41.0. The van der Waals surface area contributed by atoms with E-state index in [-0.39, 0.29) is 41.8 Å². The third-order valence-corrected chi connectivity index (χ3v) is 13.1. The Morgan fingerprint density at radius 1 is 0.889 bits per heavy atom. The fourth-order valence-electron chi connectivity index (χ4n) is 9.56. The molecule has 2 heterocycles. The molecule has 54 heavy (non-hydrogen) atoms. The van der Waals surface area contributed by atoms with Crippen LogP contribution < -0.4 is 21.3 Å². The first-order valence-electron chi connectivity index (χ1n) is 20.1. The highest BCUT2D eigenvalue weighted by Crippen LogP contribution is 2.65. The Morgan fingerprint density at radius 2 is 1.52 bits per heavy atom. The minimum absolute atomic E-state index is 0.0635. The van der Waals surface area contributed by atoms with Crippen molar-refractivity contribution in [3.05, 3.63) is 36.9 Å². The zero-order valence-electron chi connectivity index (χ0n) is 32.9. The molecular weight excluding hydrogens is 686 g/mol. The van der Waals surface area contributed by atoms with Gasteiger partial charge in [-0.05, 0) is 60.2 Å². The predicted molar refractivity (Wildman–Crippen MR) is 204 cm³/mol. The molecule has 13 nitrogen and oxygen atoms in total. The first-order valence-corrected chi connectivity index (χ1v) is 20.1. The van der Waals surface area contributed by atoms with Gasteiger partial charge in [0.05, 0.1) is 12.2 Å². The topological polar surface area (TPSA) is 180 Å². The lowest BCUT2D eigenvalue weighted by Gasteiger charge is -2.45. The highest BCUT2D eigenvalue weighted by Gasteiger charge is 2.70. The number of Topliss-reactive ketones (excluding diaryl/α,β-unsaturated/α-hetero) is 1. The van der Waals surface area contributed by atoms with Crippen molar-refractivity contribution in [2.75, 3.05) is 13.1 Å². The van der Waals surface area contributed by atoms with E-state index in [0.717, 1.165) is 57.8 Å². The molecule has 5 rings (SSSR count). The van der Waals surface area contributed by atoms with Crippen LogP contribution in [0.25, 0.3) is 0 Å². The fourth-order valence-corrected chi connectivity index (χ4v) is 9.56. The summed E-state index contributed by atoms with van der Waals surface area (Å²) in [7, 11) is 0. The van der Waals surface area contributed by atoms with Gasteiger partial charge in [-0.15, -0.1) is 6.58 Å². The Hall–Kier alpha value is -4.16. The molecule has 3 saturated carbocycles. The van der Waals surface area contributed by atoms with Gasteiger partial charge in [-0.2, -0.15) is 0 Å². The number of nitrogens with zero attached hydrogens (tertiary/aromatic N) is 3. The molecule has 296 valence electrons. The summed E-state index contributed by atoms with van der Waals surface area (Å²) in [5.41, 5.74) is -1.25. The third-order valence-electron chi connectivity index (χ3n) is 13.1. The molecule has 6 atom stereocenters. The summed E-state index contributed by atoms with van der Waals surface area (Å²) in [6.07, 6.45) is 16.0. The lowest BCUT2D eigenvalue weighted by atomic mass is 9.68. The molecule has 0 bridgehead atoms. The number of carbonyl (C=O) groups is 6. The smallest absolute Gasteiger partial charge is 0.289 e. The molecule has 4 fully saturated rings. The van der Waals surface area contributed by atoms with Crippen LogP contribution in [-0.4, -0.2) is 87.4 Å². The summed E-state index contributed by atoms with van der Waals surface area (Å²) in [5, 5.41) is 11.6. The van der Waals surface area contributed by atoms with Gasteiger partial charge in [0.2, 0.25) is 23.5 Å². The second kappa shape index (κ2) is 17.1. The number of hydrogen-bond donors (Lipinski definition) is 4. The van der Waals surface area contributed by atoms with Crippen molar-refractivity contribution in [1.82, 2.24) is 36.1 Å². The molecule has 0 radical (unpaired) electrons. The van der Waals surface area contributed by atoms with Gasteiger partial charge in [0, 0.05) is 25.5 Å². The number of fused-ring (bicyclic) bond motifs is 1. The number of piperidine rings is 1. The van der Waals surface area contributed by atoms with E-state index >= 15 is 4.79 Å². The molecule has 13 heteroatoms. The minimum Gasteiger partial charge on any atom is -0.346 e. The van der Waals surface area contributed by atoms with Gasteiger partial charge >= 0.3 is 0 Å². The van der Waals surface area contributed by atoms with Crippen molar-refractivity contribution in [3.8, 4) is 0 Å². The van der Waals surface area contributed by atoms with E-state index in [1.165, 1.54) is 24.7 Å². The van der Waals surface area contributed by atoms with Crippen LogP contribution in [-0.2, 0) is 24.0 Å². The molecule has 0 aromatic carbocycles. The van der Waals surface area contributed by atoms with Crippen LogP contribution in [0.2, 0.25) is 0 Å². The molecule has 4 aliphatic rings. The van der Waals surface area contributed by atoms with Crippen LogP contribution >= 0.6 is 0 Å². The average Bonchev–Trinajstić information content (AvgIpc) is 3.46. The van der Waals surface area contributed by atoms with Gasteiger partial charge < -0.3 is 26.2 Å². The van der Waals surface area contributed by atoms with E-state index in [0.29, 0.717) is 25.8 Å². The Balaban J connectivity index is 1.44. The Kier molecular flexibility index (Phi) is 13.0. The largest absolute Gasteiger partial charge is 0.346 e. The maximum absolute atomic E-state index is 15.1. The van der Waals surface area contributed by atoms with Crippen molar-refractivity contribution in [1.29, 1.82) is 0 Å². The second-order valence-electron chi connectivity index (χ2n) is 17.3. The van der Waals surface area contributed by atoms with Crippen molar-refractivity contribution in [3.63, 3.8) is 0 Å². The second-order valence-corrected chi connectivity index (χ2v) is 17.3. The van der Waals surface area contributed by atoms with Crippen LogP contribution in [0.15, 0.2) is 31.2 Å². The lowest BCUT2D eigenvalue weighted by Crippen LogP contribution is -2.64. The minimum atomic E-state index is -1.04. The zero-order valence-corrected chi connectivity index (χ0v) is 32.9. The highest BCUT2D eigenvalue weighted by molar-refractivity contribution is 6.38. The average molecular weight is 748 g/mol. The Morgan fingerprint density at radius 3 is 2.09 bits per heavy atom. The quantitative estimate of drug-likeness (QED) is 0.145. The number of likely N-dealkylation sites (tertiary alicyclic amines) is 1. The maximum Gasteiger partial charge on any atom is 0.289 e. The molecule has 3 aliphatic carbocycles. The van der Waals surface area contributed by atoms with Crippen LogP contribution in [0, 0.1) is 28.1 Å². The lowest BCUT2D eigenvalue weighted by molar-refractivity contribution is -0.148. The SMILES string of the molecule is C=CCNC(=O)C(=O)[C@H](CCCC)NC(=O)[C@@H]1[C@@H]2[C@H](CN1C(=O)[C@@H](NC(=O)[C@@H](NC(=O)c1cnccn1)C1(C)CCCCC1)C1(C)CCCCC1)C2(C)C. The van der Waals surface area contributed by atoms with E-state index in [4.69, 9.17) is 0 Å². The molecular formula is C41H61N7O6. The first-order chi connectivity index (χ1) is 25.7. The molecule has 1 saturated heterocycles. The van der Waals surface area contributed by atoms with Crippen LogP contribution in [0.5, 0.6) is 0 Å². The molecule has 0 unspecified atom stereocenters. The Labute approximate surface area is 320 Å². The number of ketones is 1. The van der Waals surface area contributed by atoms with Crippen molar-refractivity contribution >= 4 is 35.3 Å². The molecule has 0 spiro atoms.